The fraction of sp³-hybridized carbons (Fsp3) is 0.526. The molecule has 2 N–H and O–H groups in total. The predicted octanol–water partition coefficient (Wildman–Crippen LogP) is 2.32. The number of carbonyl (C=O) groups excluding carboxylic acids is 2. The van der Waals surface area contributed by atoms with Gasteiger partial charge in [-0.15, -0.1) is 0 Å². The topological polar surface area (TPSA) is 86.7 Å². The Kier molecular flexibility index (Phi) is 5.36. The Balaban J connectivity index is 1.52. The van der Waals surface area contributed by atoms with E-state index >= 15 is 0 Å². The van der Waals surface area contributed by atoms with E-state index in [1.54, 1.807) is 4.90 Å². The van der Waals surface area contributed by atoms with E-state index < -0.39 is 5.97 Å². The molecule has 1 aliphatic carbocycles. The molecule has 0 bridgehead atoms. The van der Waals surface area contributed by atoms with E-state index in [0.29, 0.717) is 38.6 Å². The van der Waals surface area contributed by atoms with Crippen LogP contribution in [0.4, 0.5) is 5.69 Å². The van der Waals surface area contributed by atoms with Gasteiger partial charge < -0.3 is 15.3 Å². The lowest BCUT2D eigenvalue weighted by Gasteiger charge is -2.25. The Bertz CT molecular complexity index is 665. The van der Waals surface area contributed by atoms with Crippen LogP contribution in [0.3, 0.4) is 0 Å². The van der Waals surface area contributed by atoms with Gasteiger partial charge in [-0.05, 0) is 49.8 Å². The van der Waals surface area contributed by atoms with Crippen molar-refractivity contribution in [3.05, 3.63) is 29.8 Å². The second-order valence-electron chi connectivity index (χ2n) is 6.92. The van der Waals surface area contributed by atoms with Gasteiger partial charge in [0.1, 0.15) is 0 Å². The van der Waals surface area contributed by atoms with Crippen molar-refractivity contribution in [1.82, 2.24) is 5.32 Å². The Hall–Kier alpha value is -2.37. The summed E-state index contributed by atoms with van der Waals surface area (Å²) < 4.78 is 0. The number of carboxylic acid groups (broad SMARTS) is 1. The van der Waals surface area contributed by atoms with E-state index in [2.05, 4.69) is 5.32 Å². The van der Waals surface area contributed by atoms with Gasteiger partial charge in [-0.25, -0.2) is 0 Å². The molecule has 3 rings (SSSR count). The summed E-state index contributed by atoms with van der Waals surface area (Å²) in [4.78, 5) is 36.9. The Morgan fingerprint density at radius 2 is 1.88 bits per heavy atom. The standard InChI is InChI=1S/C19H24N2O4/c22-17-5-2-10-21(17)16-4-1-3-13(11-16)12-20-18(23)14-6-8-15(9-7-14)19(24)25/h1,3-4,11,14-15H,2,5-10,12H2,(H,20,23)(H,24,25). The number of aliphatic carboxylic acids is 1. The van der Waals surface area contributed by atoms with E-state index in [0.717, 1.165) is 24.2 Å². The lowest BCUT2D eigenvalue weighted by Crippen LogP contribution is -2.34. The SMILES string of the molecule is O=C(O)C1CCC(C(=O)NCc2cccc(N3CCCC3=O)c2)CC1. The lowest BCUT2D eigenvalue weighted by atomic mass is 9.81. The molecule has 0 radical (unpaired) electrons. The molecule has 0 aromatic heterocycles. The highest BCUT2D eigenvalue weighted by molar-refractivity contribution is 5.95. The minimum atomic E-state index is -0.757. The average molecular weight is 344 g/mol. The molecule has 25 heavy (non-hydrogen) atoms. The second-order valence-corrected chi connectivity index (χ2v) is 6.92. The van der Waals surface area contributed by atoms with Crippen molar-refractivity contribution in [2.45, 2.75) is 45.1 Å². The number of rotatable bonds is 5. The highest BCUT2D eigenvalue weighted by atomic mass is 16.4. The van der Waals surface area contributed by atoms with Crippen LogP contribution in [-0.4, -0.2) is 29.4 Å². The number of benzene rings is 1. The van der Waals surface area contributed by atoms with Crippen LogP contribution in [0.5, 0.6) is 0 Å². The first-order chi connectivity index (χ1) is 12.0. The third-order valence-electron chi connectivity index (χ3n) is 5.21. The van der Waals surface area contributed by atoms with Crippen LogP contribution in [0.15, 0.2) is 24.3 Å². The smallest absolute Gasteiger partial charge is 0.306 e. The molecule has 6 heteroatoms. The Morgan fingerprint density at radius 3 is 2.52 bits per heavy atom. The molecule has 1 aromatic carbocycles. The quantitative estimate of drug-likeness (QED) is 0.858. The molecule has 2 fully saturated rings. The van der Waals surface area contributed by atoms with Crippen molar-refractivity contribution >= 4 is 23.5 Å². The predicted molar refractivity (Wildman–Crippen MR) is 93.0 cm³/mol. The third-order valence-corrected chi connectivity index (χ3v) is 5.21. The zero-order chi connectivity index (χ0) is 17.8. The molecule has 0 spiro atoms. The minimum absolute atomic E-state index is 0.00788. The number of hydrogen-bond acceptors (Lipinski definition) is 3. The first-order valence-corrected chi connectivity index (χ1v) is 8.94. The molecule has 1 saturated heterocycles. The van der Waals surface area contributed by atoms with Crippen molar-refractivity contribution in [3.63, 3.8) is 0 Å². The highest BCUT2D eigenvalue weighted by Crippen LogP contribution is 2.29. The number of nitrogens with zero attached hydrogens (tertiary/aromatic N) is 1. The summed E-state index contributed by atoms with van der Waals surface area (Å²) in [6, 6.07) is 7.71. The van der Waals surface area contributed by atoms with Gasteiger partial charge in [0.05, 0.1) is 5.92 Å². The molecule has 2 amide bonds. The zero-order valence-corrected chi connectivity index (χ0v) is 14.2. The van der Waals surface area contributed by atoms with Gasteiger partial charge in [0.25, 0.3) is 0 Å². The number of anilines is 1. The van der Waals surface area contributed by atoms with Crippen LogP contribution in [0.1, 0.15) is 44.1 Å². The lowest BCUT2D eigenvalue weighted by molar-refractivity contribution is -0.144. The first-order valence-electron chi connectivity index (χ1n) is 8.94. The molecule has 2 aliphatic rings. The molecule has 1 aromatic rings. The molecule has 0 atom stereocenters. The van der Waals surface area contributed by atoms with Crippen LogP contribution in [0, 0.1) is 11.8 Å². The van der Waals surface area contributed by atoms with Crippen molar-refractivity contribution in [2.24, 2.45) is 11.8 Å². The Morgan fingerprint density at radius 1 is 1.16 bits per heavy atom. The number of carboxylic acids is 1. The van der Waals surface area contributed by atoms with Crippen molar-refractivity contribution in [2.75, 3.05) is 11.4 Å². The summed E-state index contributed by atoms with van der Waals surface area (Å²) in [7, 11) is 0. The highest BCUT2D eigenvalue weighted by Gasteiger charge is 2.29. The minimum Gasteiger partial charge on any atom is -0.481 e. The number of amides is 2. The maximum Gasteiger partial charge on any atom is 0.306 e. The monoisotopic (exact) mass is 344 g/mol. The maximum atomic E-state index is 12.3. The molecular formula is C19H24N2O4. The number of hydrogen-bond donors (Lipinski definition) is 2. The maximum absolute atomic E-state index is 12.3. The molecule has 1 heterocycles. The zero-order valence-electron chi connectivity index (χ0n) is 14.2. The van der Waals surface area contributed by atoms with Crippen LogP contribution in [0.25, 0.3) is 0 Å². The summed E-state index contributed by atoms with van der Waals surface area (Å²) in [5, 5.41) is 12.0. The van der Waals surface area contributed by atoms with Gasteiger partial charge >= 0.3 is 5.97 Å². The molecule has 6 nitrogen and oxygen atoms in total. The summed E-state index contributed by atoms with van der Waals surface area (Å²) in [6.45, 7) is 1.18. The van der Waals surface area contributed by atoms with Crippen LogP contribution < -0.4 is 10.2 Å². The third kappa shape index (κ3) is 4.18. The van der Waals surface area contributed by atoms with Crippen LogP contribution >= 0.6 is 0 Å². The molecular weight excluding hydrogens is 320 g/mol. The van der Waals surface area contributed by atoms with Crippen LogP contribution in [-0.2, 0) is 20.9 Å². The molecule has 0 unspecified atom stereocenters. The van der Waals surface area contributed by atoms with Crippen molar-refractivity contribution in [1.29, 1.82) is 0 Å². The summed E-state index contributed by atoms with van der Waals surface area (Å²) in [6.07, 6.45) is 3.88. The number of carbonyl (C=O) groups is 3. The van der Waals surface area contributed by atoms with E-state index in [1.807, 2.05) is 24.3 Å². The van der Waals surface area contributed by atoms with E-state index in [9.17, 15) is 14.4 Å². The number of nitrogens with one attached hydrogen (secondary N) is 1. The van der Waals surface area contributed by atoms with Gasteiger partial charge in [-0.3, -0.25) is 14.4 Å². The normalized spacial score (nSPS) is 23.5. The molecule has 1 aliphatic heterocycles. The van der Waals surface area contributed by atoms with E-state index in [-0.39, 0.29) is 23.7 Å². The van der Waals surface area contributed by atoms with Gasteiger partial charge in [-0.1, -0.05) is 12.1 Å². The summed E-state index contributed by atoms with van der Waals surface area (Å²) in [5.74, 6) is -1.02. The van der Waals surface area contributed by atoms with Crippen molar-refractivity contribution in [3.8, 4) is 0 Å². The second kappa shape index (κ2) is 7.68. The van der Waals surface area contributed by atoms with Gasteiger partial charge in [0.2, 0.25) is 11.8 Å². The van der Waals surface area contributed by atoms with Crippen molar-refractivity contribution < 1.29 is 19.5 Å². The van der Waals surface area contributed by atoms with Gasteiger partial charge in [0, 0.05) is 31.1 Å². The Labute approximate surface area is 147 Å². The first kappa shape index (κ1) is 17.5. The van der Waals surface area contributed by atoms with E-state index in [1.165, 1.54) is 0 Å². The van der Waals surface area contributed by atoms with Crippen LogP contribution in [0.2, 0.25) is 0 Å². The molecule has 1 saturated carbocycles. The van der Waals surface area contributed by atoms with Gasteiger partial charge in [0.15, 0.2) is 0 Å². The largest absolute Gasteiger partial charge is 0.481 e. The fourth-order valence-corrected chi connectivity index (χ4v) is 3.69. The average Bonchev–Trinajstić information content (AvgIpc) is 3.06. The summed E-state index contributed by atoms with van der Waals surface area (Å²) >= 11 is 0. The van der Waals surface area contributed by atoms with E-state index in [4.69, 9.17) is 5.11 Å². The fourth-order valence-electron chi connectivity index (χ4n) is 3.69. The summed E-state index contributed by atoms with van der Waals surface area (Å²) in [5.41, 5.74) is 1.85. The molecule has 134 valence electrons. The van der Waals surface area contributed by atoms with Gasteiger partial charge in [-0.2, -0.15) is 0 Å².